The van der Waals surface area contributed by atoms with Gasteiger partial charge in [0.25, 0.3) is 0 Å². The van der Waals surface area contributed by atoms with Crippen LogP contribution in [0.15, 0.2) is 24.3 Å². The van der Waals surface area contributed by atoms with E-state index < -0.39 is 11.7 Å². The molecule has 0 radical (unpaired) electrons. The molecule has 1 aromatic carbocycles. The Morgan fingerprint density at radius 3 is 2.84 bits per heavy atom. The van der Waals surface area contributed by atoms with E-state index in [2.05, 4.69) is 11.8 Å². The summed E-state index contributed by atoms with van der Waals surface area (Å²) in [6.07, 6.45) is -3.52. The molecule has 1 unspecified atom stereocenters. The van der Waals surface area contributed by atoms with E-state index in [0.29, 0.717) is 18.7 Å². The third-order valence-corrected chi connectivity index (χ3v) is 3.28. The van der Waals surface area contributed by atoms with Gasteiger partial charge in [0.2, 0.25) is 0 Å². The maximum Gasteiger partial charge on any atom is 0.416 e. The van der Waals surface area contributed by atoms with Gasteiger partial charge >= 0.3 is 6.18 Å². The summed E-state index contributed by atoms with van der Waals surface area (Å²) in [5.41, 5.74) is -0.00292. The summed E-state index contributed by atoms with van der Waals surface area (Å²) < 4.78 is 43.6. The van der Waals surface area contributed by atoms with Crippen molar-refractivity contribution in [3.05, 3.63) is 35.4 Å². The van der Waals surface area contributed by atoms with Crippen molar-refractivity contribution in [1.29, 1.82) is 0 Å². The van der Waals surface area contributed by atoms with Crippen molar-refractivity contribution in [2.75, 3.05) is 26.2 Å². The smallest absolute Gasteiger partial charge is 0.371 e. The molecule has 1 fully saturated rings. The first kappa shape index (κ1) is 14.3. The Morgan fingerprint density at radius 2 is 2.16 bits per heavy atom. The minimum absolute atomic E-state index is 0.261. The molecule has 1 aromatic rings. The van der Waals surface area contributed by atoms with Crippen molar-refractivity contribution in [2.45, 2.75) is 25.6 Å². The van der Waals surface area contributed by atoms with Gasteiger partial charge in [-0.2, -0.15) is 13.2 Å². The van der Waals surface area contributed by atoms with Crippen LogP contribution >= 0.6 is 0 Å². The molecule has 0 bridgehead atoms. The largest absolute Gasteiger partial charge is 0.416 e. The summed E-state index contributed by atoms with van der Waals surface area (Å²) in [5, 5.41) is 0. The van der Waals surface area contributed by atoms with Crippen molar-refractivity contribution >= 4 is 0 Å². The Labute approximate surface area is 111 Å². The number of ether oxygens (including phenoxy) is 1. The second-order valence-electron chi connectivity index (χ2n) is 4.78. The Balaban J connectivity index is 2.13. The van der Waals surface area contributed by atoms with Gasteiger partial charge in [0.15, 0.2) is 0 Å². The lowest BCUT2D eigenvalue weighted by Crippen LogP contribution is -2.38. The highest BCUT2D eigenvalue weighted by atomic mass is 19.4. The zero-order valence-corrected chi connectivity index (χ0v) is 10.9. The molecule has 106 valence electrons. The van der Waals surface area contributed by atoms with Crippen LogP contribution in [0.5, 0.6) is 0 Å². The van der Waals surface area contributed by atoms with Crippen LogP contribution in [0.2, 0.25) is 0 Å². The SMILES string of the molecule is CCCN1CCOC(c2cccc(C(F)(F)F)c2)C1. The lowest BCUT2D eigenvalue weighted by atomic mass is 10.0. The number of benzene rings is 1. The molecule has 5 heteroatoms. The number of hydrogen-bond donors (Lipinski definition) is 0. The molecule has 0 spiro atoms. The van der Waals surface area contributed by atoms with E-state index in [1.54, 1.807) is 6.07 Å². The Bertz CT molecular complexity index is 417. The minimum atomic E-state index is -4.30. The number of nitrogens with zero attached hydrogens (tertiary/aromatic N) is 1. The fourth-order valence-electron chi connectivity index (χ4n) is 2.34. The van der Waals surface area contributed by atoms with Gasteiger partial charge in [-0.15, -0.1) is 0 Å². The number of alkyl halides is 3. The molecule has 0 aliphatic carbocycles. The third-order valence-electron chi connectivity index (χ3n) is 3.28. The summed E-state index contributed by atoms with van der Waals surface area (Å²) >= 11 is 0. The molecule has 2 rings (SSSR count). The van der Waals surface area contributed by atoms with Gasteiger partial charge in [-0.3, -0.25) is 4.90 Å². The first-order valence-corrected chi connectivity index (χ1v) is 6.52. The van der Waals surface area contributed by atoms with Crippen LogP contribution < -0.4 is 0 Å². The first-order chi connectivity index (χ1) is 9.00. The van der Waals surface area contributed by atoms with Gasteiger partial charge in [0, 0.05) is 13.1 Å². The average molecular weight is 273 g/mol. The summed E-state index contributed by atoms with van der Waals surface area (Å²) in [6, 6.07) is 5.44. The Morgan fingerprint density at radius 1 is 1.37 bits per heavy atom. The molecule has 2 nitrogen and oxygen atoms in total. The molecule has 19 heavy (non-hydrogen) atoms. The highest BCUT2D eigenvalue weighted by Crippen LogP contribution is 2.32. The van der Waals surface area contributed by atoms with E-state index in [-0.39, 0.29) is 6.10 Å². The van der Waals surface area contributed by atoms with Crippen LogP contribution in [0.1, 0.15) is 30.6 Å². The molecule has 1 atom stereocenters. The lowest BCUT2D eigenvalue weighted by molar-refractivity contribution is -0.137. The number of rotatable bonds is 3. The number of morpholine rings is 1. The molecular formula is C14H18F3NO. The van der Waals surface area contributed by atoms with Gasteiger partial charge in [-0.1, -0.05) is 19.1 Å². The summed E-state index contributed by atoms with van der Waals surface area (Å²) in [4.78, 5) is 2.23. The topological polar surface area (TPSA) is 12.5 Å². The molecule has 1 aliphatic rings. The highest BCUT2D eigenvalue weighted by Gasteiger charge is 2.31. The highest BCUT2D eigenvalue weighted by molar-refractivity contribution is 5.27. The summed E-state index contributed by atoms with van der Waals surface area (Å²) in [5.74, 6) is 0. The first-order valence-electron chi connectivity index (χ1n) is 6.52. The fraction of sp³-hybridized carbons (Fsp3) is 0.571. The van der Waals surface area contributed by atoms with Gasteiger partial charge < -0.3 is 4.74 Å². The van der Waals surface area contributed by atoms with E-state index in [1.807, 2.05) is 0 Å². The molecule has 0 saturated carbocycles. The van der Waals surface area contributed by atoms with Crippen LogP contribution in [-0.4, -0.2) is 31.1 Å². The predicted octanol–water partition coefficient (Wildman–Crippen LogP) is 3.49. The number of halogens is 3. The van der Waals surface area contributed by atoms with Crippen molar-refractivity contribution in [2.24, 2.45) is 0 Å². The lowest BCUT2D eigenvalue weighted by Gasteiger charge is -2.33. The van der Waals surface area contributed by atoms with Crippen molar-refractivity contribution in [3.8, 4) is 0 Å². The van der Waals surface area contributed by atoms with Crippen molar-refractivity contribution in [1.82, 2.24) is 4.90 Å². The van der Waals surface area contributed by atoms with E-state index >= 15 is 0 Å². The fourth-order valence-corrected chi connectivity index (χ4v) is 2.34. The maximum atomic E-state index is 12.7. The van der Waals surface area contributed by atoms with Gasteiger partial charge in [-0.05, 0) is 30.7 Å². The van der Waals surface area contributed by atoms with Crippen LogP contribution in [-0.2, 0) is 10.9 Å². The third kappa shape index (κ3) is 3.70. The molecule has 1 heterocycles. The minimum Gasteiger partial charge on any atom is -0.371 e. The monoisotopic (exact) mass is 273 g/mol. The molecule has 0 aromatic heterocycles. The van der Waals surface area contributed by atoms with E-state index in [9.17, 15) is 13.2 Å². The summed E-state index contributed by atoms with van der Waals surface area (Å²) in [7, 11) is 0. The van der Waals surface area contributed by atoms with Crippen LogP contribution in [0.3, 0.4) is 0 Å². The Kier molecular flexibility index (Phi) is 4.47. The normalized spacial score (nSPS) is 21.6. The maximum absolute atomic E-state index is 12.7. The van der Waals surface area contributed by atoms with Crippen LogP contribution in [0.4, 0.5) is 13.2 Å². The zero-order valence-electron chi connectivity index (χ0n) is 10.9. The second kappa shape index (κ2) is 5.92. The standard InChI is InChI=1S/C14H18F3NO/c1-2-6-18-7-8-19-13(10-18)11-4-3-5-12(9-11)14(15,16)17/h3-5,9,13H,2,6-8,10H2,1H3. The molecular weight excluding hydrogens is 255 g/mol. The second-order valence-corrected chi connectivity index (χ2v) is 4.78. The van der Waals surface area contributed by atoms with Crippen molar-refractivity contribution < 1.29 is 17.9 Å². The summed E-state index contributed by atoms with van der Waals surface area (Å²) in [6.45, 7) is 5.13. The van der Waals surface area contributed by atoms with Crippen LogP contribution in [0, 0.1) is 0 Å². The average Bonchev–Trinajstić information content (AvgIpc) is 2.39. The predicted molar refractivity (Wildman–Crippen MR) is 66.9 cm³/mol. The van der Waals surface area contributed by atoms with E-state index in [0.717, 1.165) is 25.6 Å². The quantitative estimate of drug-likeness (QED) is 0.836. The van der Waals surface area contributed by atoms with Gasteiger partial charge in [0.1, 0.15) is 0 Å². The Hall–Kier alpha value is -1.07. The van der Waals surface area contributed by atoms with Gasteiger partial charge in [-0.25, -0.2) is 0 Å². The molecule has 1 aliphatic heterocycles. The molecule has 0 amide bonds. The molecule has 1 saturated heterocycles. The van der Waals surface area contributed by atoms with E-state index in [1.165, 1.54) is 12.1 Å². The van der Waals surface area contributed by atoms with Gasteiger partial charge in [0.05, 0.1) is 18.3 Å². The van der Waals surface area contributed by atoms with Crippen molar-refractivity contribution in [3.63, 3.8) is 0 Å². The zero-order chi connectivity index (χ0) is 13.9. The van der Waals surface area contributed by atoms with Crippen LogP contribution in [0.25, 0.3) is 0 Å². The number of hydrogen-bond acceptors (Lipinski definition) is 2. The molecule has 0 N–H and O–H groups in total. The van der Waals surface area contributed by atoms with E-state index in [4.69, 9.17) is 4.74 Å².